The lowest BCUT2D eigenvalue weighted by Gasteiger charge is -2.22. The van der Waals surface area contributed by atoms with Crippen LogP contribution in [-0.2, 0) is 30.5 Å². The van der Waals surface area contributed by atoms with Crippen LogP contribution in [0.2, 0.25) is 0 Å². The predicted molar refractivity (Wildman–Crippen MR) is 109 cm³/mol. The van der Waals surface area contributed by atoms with Gasteiger partial charge in [0.25, 0.3) is 0 Å². The molecule has 0 fully saturated rings. The van der Waals surface area contributed by atoms with Gasteiger partial charge in [-0.2, -0.15) is 0 Å². The summed E-state index contributed by atoms with van der Waals surface area (Å²) in [6, 6.07) is 0. The lowest BCUT2D eigenvalue weighted by atomic mass is 9.92. The van der Waals surface area contributed by atoms with E-state index in [1.54, 1.807) is 0 Å². The number of pyridine rings is 1. The lowest BCUT2D eigenvalue weighted by Crippen LogP contribution is -2.18. The molecule has 3 nitrogen and oxygen atoms in total. The molecular weight excluding hydrogens is 320 g/mol. The highest BCUT2D eigenvalue weighted by atomic mass is 16.1. The third-order valence-corrected chi connectivity index (χ3v) is 6.02. The molecule has 1 N–H and O–H groups in total. The number of hydrogen-bond donors (Lipinski definition) is 1. The largest absolute Gasteiger partial charge is 0.325 e. The molecular formula is C23H36N2O. The minimum atomic E-state index is 0.212. The zero-order valence-electron chi connectivity index (χ0n) is 16.7. The van der Waals surface area contributed by atoms with Crippen LogP contribution in [0.15, 0.2) is 0 Å². The number of hydrogen-bond acceptors (Lipinski definition) is 2. The van der Waals surface area contributed by atoms with Gasteiger partial charge in [0.1, 0.15) is 0 Å². The number of rotatable bonds is 10. The summed E-state index contributed by atoms with van der Waals surface area (Å²) in [5, 5.41) is 3.31. The van der Waals surface area contributed by atoms with Crippen LogP contribution in [0.5, 0.6) is 0 Å². The van der Waals surface area contributed by atoms with Crippen molar-refractivity contribution >= 4 is 11.6 Å². The monoisotopic (exact) mass is 356 g/mol. The maximum Gasteiger partial charge on any atom is 0.224 e. The molecule has 1 aromatic heterocycles. The fourth-order valence-corrected chi connectivity index (χ4v) is 4.52. The maximum absolute atomic E-state index is 12.5. The third-order valence-electron chi connectivity index (χ3n) is 6.02. The molecule has 144 valence electrons. The van der Waals surface area contributed by atoms with Gasteiger partial charge in [-0.25, -0.2) is 0 Å². The van der Waals surface area contributed by atoms with Crippen LogP contribution < -0.4 is 5.32 Å². The van der Waals surface area contributed by atoms with Crippen LogP contribution in [0.1, 0.15) is 106 Å². The Balaban J connectivity index is 1.48. The van der Waals surface area contributed by atoms with Crippen molar-refractivity contribution in [3.05, 3.63) is 22.5 Å². The van der Waals surface area contributed by atoms with E-state index >= 15 is 0 Å². The summed E-state index contributed by atoms with van der Waals surface area (Å²) in [5.74, 6) is 0.212. The fourth-order valence-electron chi connectivity index (χ4n) is 4.52. The number of nitrogens with one attached hydrogen (secondary N) is 1. The Morgan fingerprint density at radius 2 is 1.38 bits per heavy atom. The first-order valence-electron chi connectivity index (χ1n) is 11.1. The Morgan fingerprint density at radius 3 is 2.12 bits per heavy atom. The SMILES string of the molecule is CCCCCCCCCCC(=O)Nc1c2c(nc3c1CCC3)CCCC2. The van der Waals surface area contributed by atoms with Crippen LogP contribution in [0.25, 0.3) is 0 Å². The van der Waals surface area contributed by atoms with Gasteiger partial charge in [-0.05, 0) is 62.5 Å². The van der Waals surface area contributed by atoms with E-state index < -0.39 is 0 Å². The van der Waals surface area contributed by atoms with Gasteiger partial charge in [0.2, 0.25) is 5.91 Å². The van der Waals surface area contributed by atoms with E-state index in [1.807, 2.05) is 0 Å². The molecule has 1 amide bonds. The average Bonchev–Trinajstić information content (AvgIpc) is 3.12. The van der Waals surface area contributed by atoms with Gasteiger partial charge in [-0.15, -0.1) is 0 Å². The molecule has 3 heteroatoms. The molecule has 26 heavy (non-hydrogen) atoms. The van der Waals surface area contributed by atoms with E-state index in [0.29, 0.717) is 6.42 Å². The standard InChI is InChI=1S/C23H36N2O/c1-2-3-4-5-6-7-8-9-17-22(26)25-23-18-13-10-11-15-20(18)24-21-16-12-14-19(21)23/h2-17H2,1H3,(H,24,25,26). The van der Waals surface area contributed by atoms with Crippen molar-refractivity contribution in [2.45, 2.75) is 110 Å². The first kappa shape index (κ1) is 19.4. The molecule has 1 aromatic rings. The van der Waals surface area contributed by atoms with E-state index in [2.05, 4.69) is 12.2 Å². The van der Waals surface area contributed by atoms with Gasteiger partial charge >= 0.3 is 0 Å². The molecule has 0 bridgehead atoms. The minimum Gasteiger partial charge on any atom is -0.325 e. The Bertz CT molecular complexity index is 609. The number of nitrogens with zero attached hydrogens (tertiary/aromatic N) is 1. The quantitative estimate of drug-likeness (QED) is 0.529. The molecule has 0 spiro atoms. The predicted octanol–water partition coefficient (Wildman–Crippen LogP) is 5.92. The second kappa shape index (κ2) is 10.1. The smallest absolute Gasteiger partial charge is 0.224 e. The second-order valence-corrected chi connectivity index (χ2v) is 8.17. The number of anilines is 1. The normalized spacial score (nSPS) is 15.6. The van der Waals surface area contributed by atoms with E-state index in [0.717, 1.165) is 37.8 Å². The molecule has 0 saturated carbocycles. The summed E-state index contributed by atoms with van der Waals surface area (Å²) in [6.45, 7) is 2.26. The number of amides is 1. The maximum atomic E-state index is 12.5. The molecule has 0 unspecified atom stereocenters. The zero-order chi connectivity index (χ0) is 18.2. The topological polar surface area (TPSA) is 42.0 Å². The molecule has 0 radical (unpaired) electrons. The molecule has 0 saturated heterocycles. The van der Waals surface area contributed by atoms with Crippen molar-refractivity contribution in [1.82, 2.24) is 4.98 Å². The first-order valence-corrected chi connectivity index (χ1v) is 11.1. The molecule has 1 heterocycles. The number of carbonyl (C=O) groups excluding carboxylic acids is 1. The summed E-state index contributed by atoms with van der Waals surface area (Å²) in [5.41, 5.74) is 6.37. The Morgan fingerprint density at radius 1 is 0.808 bits per heavy atom. The second-order valence-electron chi connectivity index (χ2n) is 8.17. The summed E-state index contributed by atoms with van der Waals surface area (Å²) in [4.78, 5) is 17.5. The number of fused-ring (bicyclic) bond motifs is 2. The summed E-state index contributed by atoms with van der Waals surface area (Å²) in [7, 11) is 0. The number of aromatic nitrogens is 1. The molecule has 2 aliphatic carbocycles. The van der Waals surface area contributed by atoms with Gasteiger partial charge in [0, 0.05) is 17.8 Å². The average molecular weight is 357 g/mol. The lowest BCUT2D eigenvalue weighted by molar-refractivity contribution is -0.116. The van der Waals surface area contributed by atoms with Crippen molar-refractivity contribution in [3.8, 4) is 0 Å². The van der Waals surface area contributed by atoms with E-state index in [1.165, 1.54) is 86.7 Å². The van der Waals surface area contributed by atoms with Crippen molar-refractivity contribution in [3.63, 3.8) is 0 Å². The summed E-state index contributed by atoms with van der Waals surface area (Å²) < 4.78 is 0. The Hall–Kier alpha value is -1.38. The van der Waals surface area contributed by atoms with Crippen molar-refractivity contribution in [2.24, 2.45) is 0 Å². The number of carbonyl (C=O) groups is 1. The Labute approximate surface area is 159 Å². The first-order chi connectivity index (χ1) is 12.8. The van der Waals surface area contributed by atoms with Crippen molar-refractivity contribution < 1.29 is 4.79 Å². The summed E-state index contributed by atoms with van der Waals surface area (Å²) in [6.07, 6.45) is 18.9. The van der Waals surface area contributed by atoms with Crippen LogP contribution in [0.4, 0.5) is 5.69 Å². The van der Waals surface area contributed by atoms with E-state index in [4.69, 9.17) is 4.98 Å². The molecule has 0 aromatic carbocycles. The Kier molecular flexibility index (Phi) is 7.52. The van der Waals surface area contributed by atoms with Crippen LogP contribution in [0.3, 0.4) is 0 Å². The van der Waals surface area contributed by atoms with Crippen LogP contribution >= 0.6 is 0 Å². The van der Waals surface area contributed by atoms with Crippen LogP contribution in [-0.4, -0.2) is 10.9 Å². The number of unbranched alkanes of at least 4 members (excludes halogenated alkanes) is 7. The molecule has 3 rings (SSSR count). The molecule has 0 aliphatic heterocycles. The van der Waals surface area contributed by atoms with Gasteiger partial charge in [-0.1, -0.05) is 51.9 Å². The number of aryl methyl sites for hydroxylation is 2. The van der Waals surface area contributed by atoms with Gasteiger partial charge in [-0.3, -0.25) is 9.78 Å². The molecule has 2 aliphatic rings. The molecule has 0 atom stereocenters. The van der Waals surface area contributed by atoms with Gasteiger partial charge in [0.05, 0.1) is 5.69 Å². The van der Waals surface area contributed by atoms with Crippen molar-refractivity contribution in [1.29, 1.82) is 0 Å². The van der Waals surface area contributed by atoms with Crippen molar-refractivity contribution in [2.75, 3.05) is 5.32 Å². The van der Waals surface area contributed by atoms with Gasteiger partial charge < -0.3 is 5.32 Å². The zero-order valence-corrected chi connectivity index (χ0v) is 16.7. The van der Waals surface area contributed by atoms with Gasteiger partial charge in [0.15, 0.2) is 0 Å². The van der Waals surface area contributed by atoms with E-state index in [9.17, 15) is 4.79 Å². The highest BCUT2D eigenvalue weighted by Crippen LogP contribution is 2.36. The highest BCUT2D eigenvalue weighted by Gasteiger charge is 2.25. The minimum absolute atomic E-state index is 0.212. The third kappa shape index (κ3) is 5.08. The van der Waals surface area contributed by atoms with Crippen LogP contribution in [0, 0.1) is 0 Å². The summed E-state index contributed by atoms with van der Waals surface area (Å²) >= 11 is 0. The fraction of sp³-hybridized carbons (Fsp3) is 0.739. The van der Waals surface area contributed by atoms with E-state index in [-0.39, 0.29) is 5.91 Å². The highest BCUT2D eigenvalue weighted by molar-refractivity contribution is 5.92.